The third kappa shape index (κ3) is 7.23. The molecule has 0 spiro atoms. The zero-order valence-electron chi connectivity index (χ0n) is 10.3. The maximum atomic E-state index is 10.7. The molecular weight excluding hydrogens is 208 g/mol. The van der Waals surface area contributed by atoms with Gasteiger partial charge in [-0.3, -0.25) is 9.59 Å². The van der Waals surface area contributed by atoms with Crippen LogP contribution in [0.25, 0.3) is 0 Å². The number of hydrogen-bond donors (Lipinski definition) is 2. The van der Waals surface area contributed by atoms with Gasteiger partial charge in [-0.25, -0.2) is 0 Å². The Balaban J connectivity index is 3.96. The van der Waals surface area contributed by atoms with E-state index < -0.39 is 5.97 Å². The van der Waals surface area contributed by atoms with Gasteiger partial charge in [0, 0.05) is 26.6 Å². The van der Waals surface area contributed by atoms with Crippen LogP contribution in [0, 0.1) is 5.92 Å². The number of hydrogen-bond acceptors (Lipinski definition) is 3. The van der Waals surface area contributed by atoms with Crippen LogP contribution in [0.1, 0.15) is 27.2 Å². The first-order valence-corrected chi connectivity index (χ1v) is 5.67. The number of carboxylic acid groups (broad SMARTS) is 1. The van der Waals surface area contributed by atoms with Crippen LogP contribution < -0.4 is 5.32 Å². The van der Waals surface area contributed by atoms with Crippen molar-refractivity contribution in [3.8, 4) is 0 Å². The Labute approximate surface area is 96.8 Å². The fourth-order valence-corrected chi connectivity index (χ4v) is 1.47. The van der Waals surface area contributed by atoms with Crippen LogP contribution >= 0.6 is 0 Å². The summed E-state index contributed by atoms with van der Waals surface area (Å²) in [5.74, 6) is -1.20. The van der Waals surface area contributed by atoms with E-state index in [0.29, 0.717) is 19.6 Å². The van der Waals surface area contributed by atoms with Gasteiger partial charge in [-0.05, 0) is 13.0 Å². The summed E-state index contributed by atoms with van der Waals surface area (Å²) in [5.41, 5.74) is 0. The Morgan fingerprint density at radius 3 is 2.44 bits per heavy atom. The summed E-state index contributed by atoms with van der Waals surface area (Å²) in [6.45, 7) is 7.89. The molecule has 0 fully saturated rings. The lowest BCUT2D eigenvalue weighted by atomic mass is 10.1. The molecule has 1 unspecified atom stereocenters. The number of carbonyl (C=O) groups excluding carboxylic acids is 1. The number of carboxylic acids is 1. The number of rotatable bonds is 8. The van der Waals surface area contributed by atoms with Gasteiger partial charge in [-0.2, -0.15) is 0 Å². The first-order valence-electron chi connectivity index (χ1n) is 5.67. The molecule has 1 amide bonds. The highest BCUT2D eigenvalue weighted by Crippen LogP contribution is 2.00. The Morgan fingerprint density at radius 1 is 1.38 bits per heavy atom. The van der Waals surface area contributed by atoms with E-state index in [1.165, 1.54) is 6.92 Å². The van der Waals surface area contributed by atoms with E-state index in [2.05, 4.69) is 17.1 Å². The van der Waals surface area contributed by atoms with Crippen molar-refractivity contribution in [3.05, 3.63) is 0 Å². The van der Waals surface area contributed by atoms with Crippen molar-refractivity contribution in [2.75, 3.05) is 26.2 Å². The van der Waals surface area contributed by atoms with Crippen LogP contribution in [-0.4, -0.2) is 48.1 Å². The van der Waals surface area contributed by atoms with Gasteiger partial charge in [0.2, 0.25) is 5.91 Å². The third-order valence-corrected chi connectivity index (χ3v) is 2.30. The minimum Gasteiger partial charge on any atom is -0.481 e. The lowest BCUT2D eigenvalue weighted by molar-refractivity contribution is -0.141. The molecule has 5 heteroatoms. The molecule has 0 aliphatic rings. The Kier molecular flexibility index (Phi) is 7.54. The molecule has 5 nitrogen and oxygen atoms in total. The van der Waals surface area contributed by atoms with Crippen molar-refractivity contribution in [1.82, 2.24) is 10.2 Å². The Hall–Kier alpha value is -1.10. The number of amides is 1. The fraction of sp³-hybridized carbons (Fsp3) is 0.818. The largest absolute Gasteiger partial charge is 0.481 e. The van der Waals surface area contributed by atoms with Crippen LogP contribution in [0.3, 0.4) is 0 Å². The van der Waals surface area contributed by atoms with E-state index >= 15 is 0 Å². The molecule has 2 N–H and O–H groups in total. The number of aliphatic carboxylic acids is 1. The smallest absolute Gasteiger partial charge is 0.307 e. The lowest BCUT2D eigenvalue weighted by Gasteiger charge is -2.23. The van der Waals surface area contributed by atoms with E-state index in [0.717, 1.165) is 13.0 Å². The first kappa shape index (κ1) is 14.9. The minimum absolute atomic E-state index is 0.0530. The van der Waals surface area contributed by atoms with Gasteiger partial charge in [0.15, 0.2) is 0 Å². The van der Waals surface area contributed by atoms with E-state index in [1.807, 2.05) is 0 Å². The number of nitrogens with one attached hydrogen (secondary N) is 1. The van der Waals surface area contributed by atoms with Crippen molar-refractivity contribution in [3.63, 3.8) is 0 Å². The van der Waals surface area contributed by atoms with Gasteiger partial charge < -0.3 is 15.3 Å². The molecule has 16 heavy (non-hydrogen) atoms. The summed E-state index contributed by atoms with van der Waals surface area (Å²) in [6.07, 6.45) is 0.979. The molecule has 0 aliphatic carbocycles. The molecule has 0 bridgehead atoms. The summed E-state index contributed by atoms with van der Waals surface area (Å²) in [6, 6.07) is 0. The highest BCUT2D eigenvalue weighted by Gasteiger charge is 2.15. The summed E-state index contributed by atoms with van der Waals surface area (Å²) < 4.78 is 0. The quantitative estimate of drug-likeness (QED) is 0.639. The van der Waals surface area contributed by atoms with Gasteiger partial charge in [0.1, 0.15) is 0 Å². The standard InChI is InChI=1S/C11H22N2O3/c1-4-6-13(7-5-12-10(3)14)8-9(2)11(15)16/h9H,4-8H2,1-3H3,(H,12,14)(H,15,16). The monoisotopic (exact) mass is 230 g/mol. The van der Waals surface area contributed by atoms with Gasteiger partial charge >= 0.3 is 5.97 Å². The van der Waals surface area contributed by atoms with Gasteiger partial charge in [-0.15, -0.1) is 0 Å². The van der Waals surface area contributed by atoms with Crippen LogP contribution in [0.15, 0.2) is 0 Å². The van der Waals surface area contributed by atoms with E-state index in [9.17, 15) is 9.59 Å². The second kappa shape index (κ2) is 8.10. The average molecular weight is 230 g/mol. The van der Waals surface area contributed by atoms with Crippen molar-refractivity contribution >= 4 is 11.9 Å². The van der Waals surface area contributed by atoms with Crippen LogP contribution in [0.4, 0.5) is 0 Å². The second-order valence-corrected chi connectivity index (χ2v) is 4.02. The summed E-state index contributed by atoms with van der Waals surface area (Å²) in [5, 5.41) is 11.5. The van der Waals surface area contributed by atoms with Crippen LogP contribution in [0.5, 0.6) is 0 Å². The predicted molar refractivity (Wildman–Crippen MR) is 62.2 cm³/mol. The average Bonchev–Trinajstić information content (AvgIpc) is 2.17. The summed E-state index contributed by atoms with van der Waals surface area (Å²) in [4.78, 5) is 23.5. The topological polar surface area (TPSA) is 69.6 Å². The molecule has 0 saturated heterocycles. The summed E-state index contributed by atoms with van der Waals surface area (Å²) in [7, 11) is 0. The molecule has 0 saturated carbocycles. The van der Waals surface area contributed by atoms with E-state index in [-0.39, 0.29) is 11.8 Å². The molecule has 0 aliphatic heterocycles. The molecule has 0 aromatic carbocycles. The van der Waals surface area contributed by atoms with Crippen LogP contribution in [-0.2, 0) is 9.59 Å². The molecule has 0 radical (unpaired) electrons. The van der Waals surface area contributed by atoms with E-state index in [1.54, 1.807) is 6.92 Å². The zero-order valence-corrected chi connectivity index (χ0v) is 10.3. The molecule has 94 valence electrons. The highest BCUT2D eigenvalue weighted by molar-refractivity contribution is 5.72. The lowest BCUT2D eigenvalue weighted by Crippen LogP contribution is -2.38. The predicted octanol–water partition coefficient (Wildman–Crippen LogP) is 0.555. The molecule has 0 rings (SSSR count). The van der Waals surface area contributed by atoms with Gasteiger partial charge in [-0.1, -0.05) is 13.8 Å². The third-order valence-electron chi connectivity index (χ3n) is 2.30. The molecule has 0 aromatic rings. The summed E-state index contributed by atoms with van der Waals surface area (Å²) >= 11 is 0. The molecule has 1 atom stereocenters. The maximum Gasteiger partial charge on any atom is 0.307 e. The van der Waals surface area contributed by atoms with Gasteiger partial charge in [0.05, 0.1) is 5.92 Å². The van der Waals surface area contributed by atoms with Crippen molar-refractivity contribution in [2.45, 2.75) is 27.2 Å². The van der Waals surface area contributed by atoms with E-state index in [4.69, 9.17) is 5.11 Å². The fourth-order valence-electron chi connectivity index (χ4n) is 1.47. The zero-order chi connectivity index (χ0) is 12.6. The highest BCUT2D eigenvalue weighted by atomic mass is 16.4. The molecule has 0 aromatic heterocycles. The molecule has 0 heterocycles. The first-order chi connectivity index (χ1) is 7.47. The number of nitrogens with zero attached hydrogens (tertiary/aromatic N) is 1. The Morgan fingerprint density at radius 2 is 2.00 bits per heavy atom. The van der Waals surface area contributed by atoms with Crippen molar-refractivity contribution in [2.24, 2.45) is 5.92 Å². The molecular formula is C11H22N2O3. The normalized spacial score (nSPS) is 12.5. The minimum atomic E-state index is -0.777. The second-order valence-electron chi connectivity index (χ2n) is 4.02. The maximum absolute atomic E-state index is 10.7. The SMILES string of the molecule is CCCN(CCNC(C)=O)CC(C)C(=O)O. The number of carbonyl (C=O) groups is 2. The van der Waals surface area contributed by atoms with Crippen molar-refractivity contribution in [1.29, 1.82) is 0 Å². The van der Waals surface area contributed by atoms with Gasteiger partial charge in [0.25, 0.3) is 0 Å². The van der Waals surface area contributed by atoms with Crippen LogP contribution in [0.2, 0.25) is 0 Å². The van der Waals surface area contributed by atoms with Crippen molar-refractivity contribution < 1.29 is 14.7 Å². The Bertz CT molecular complexity index is 231.